The molecule has 2 saturated heterocycles. The highest BCUT2D eigenvalue weighted by Crippen LogP contribution is 2.24. The van der Waals surface area contributed by atoms with Crippen LogP contribution >= 0.6 is 0 Å². The van der Waals surface area contributed by atoms with Crippen LogP contribution in [0, 0.1) is 17.6 Å². The van der Waals surface area contributed by atoms with Gasteiger partial charge in [-0.25, -0.2) is 8.78 Å². The van der Waals surface area contributed by atoms with Crippen LogP contribution in [0.25, 0.3) is 0 Å². The van der Waals surface area contributed by atoms with Crippen LogP contribution in [0.2, 0.25) is 0 Å². The van der Waals surface area contributed by atoms with Crippen LogP contribution in [0.4, 0.5) is 8.78 Å². The van der Waals surface area contributed by atoms with Crippen LogP contribution < -0.4 is 5.32 Å². The van der Waals surface area contributed by atoms with E-state index in [-0.39, 0.29) is 48.7 Å². The van der Waals surface area contributed by atoms with E-state index in [1.54, 1.807) is 4.90 Å². The van der Waals surface area contributed by atoms with Gasteiger partial charge in [-0.3, -0.25) is 9.59 Å². The molecule has 1 aromatic rings. The molecule has 7 heteroatoms. The summed E-state index contributed by atoms with van der Waals surface area (Å²) in [7, 11) is 1.99. The van der Waals surface area contributed by atoms with Crippen molar-refractivity contribution >= 4 is 11.8 Å². The van der Waals surface area contributed by atoms with Crippen LogP contribution in [0.15, 0.2) is 18.2 Å². The van der Waals surface area contributed by atoms with Gasteiger partial charge in [-0.2, -0.15) is 0 Å². The van der Waals surface area contributed by atoms with Crippen molar-refractivity contribution < 1.29 is 18.4 Å². The first-order valence-electron chi connectivity index (χ1n) is 8.14. The molecule has 0 radical (unpaired) electrons. The molecule has 0 aromatic heterocycles. The summed E-state index contributed by atoms with van der Waals surface area (Å²) in [6.45, 7) is 2.35. The summed E-state index contributed by atoms with van der Waals surface area (Å²) >= 11 is 0. The van der Waals surface area contributed by atoms with E-state index in [1.165, 1.54) is 12.1 Å². The highest BCUT2D eigenvalue weighted by Gasteiger charge is 2.41. The Morgan fingerprint density at radius 1 is 1.29 bits per heavy atom. The predicted molar refractivity (Wildman–Crippen MR) is 84.2 cm³/mol. The maximum atomic E-state index is 13.6. The van der Waals surface area contributed by atoms with Gasteiger partial charge in [-0.05, 0) is 25.1 Å². The van der Waals surface area contributed by atoms with Crippen molar-refractivity contribution in [3.8, 4) is 0 Å². The van der Waals surface area contributed by atoms with Gasteiger partial charge in [-0.15, -0.1) is 0 Å². The smallest absolute Gasteiger partial charge is 0.225 e. The molecule has 2 amide bonds. The Morgan fingerprint density at radius 2 is 2.04 bits per heavy atom. The SMILES string of the molecule is CN1CC(N2CC(C(=O)NCCc3cccc(F)c3F)CC2=O)C1. The highest BCUT2D eigenvalue weighted by atomic mass is 19.2. The molecule has 2 aliphatic heterocycles. The lowest BCUT2D eigenvalue weighted by atomic mass is 10.1. The number of benzene rings is 1. The van der Waals surface area contributed by atoms with Crippen LogP contribution in [0.1, 0.15) is 12.0 Å². The molecule has 1 atom stereocenters. The number of likely N-dealkylation sites (N-methyl/N-ethyl adjacent to an activating group) is 1. The molecular weight excluding hydrogens is 316 g/mol. The minimum atomic E-state index is -0.888. The van der Waals surface area contributed by atoms with Gasteiger partial charge in [0.25, 0.3) is 0 Å². The Labute approximate surface area is 139 Å². The second-order valence-corrected chi connectivity index (χ2v) is 6.58. The number of hydrogen-bond acceptors (Lipinski definition) is 3. The zero-order valence-electron chi connectivity index (χ0n) is 13.6. The lowest BCUT2D eigenvalue weighted by molar-refractivity contribution is -0.132. The van der Waals surface area contributed by atoms with Gasteiger partial charge in [0, 0.05) is 32.6 Å². The molecule has 1 N–H and O–H groups in total. The average Bonchev–Trinajstić information content (AvgIpc) is 2.90. The van der Waals surface area contributed by atoms with Gasteiger partial charge in [0.15, 0.2) is 11.6 Å². The Balaban J connectivity index is 1.47. The Hall–Kier alpha value is -2.02. The second kappa shape index (κ2) is 6.84. The van der Waals surface area contributed by atoms with Crippen LogP contribution in [0.5, 0.6) is 0 Å². The predicted octanol–water partition coefficient (Wildman–Crippen LogP) is 0.786. The number of nitrogens with zero attached hydrogens (tertiary/aromatic N) is 2. The molecule has 2 fully saturated rings. The minimum Gasteiger partial charge on any atom is -0.355 e. The zero-order chi connectivity index (χ0) is 17.3. The second-order valence-electron chi connectivity index (χ2n) is 6.58. The maximum absolute atomic E-state index is 13.6. The summed E-state index contributed by atoms with van der Waals surface area (Å²) in [6.07, 6.45) is 0.438. The topological polar surface area (TPSA) is 52.6 Å². The van der Waals surface area contributed by atoms with E-state index in [0.29, 0.717) is 6.54 Å². The summed E-state index contributed by atoms with van der Waals surface area (Å²) < 4.78 is 26.7. The third kappa shape index (κ3) is 3.40. The number of hydrogen-bond donors (Lipinski definition) is 1. The highest BCUT2D eigenvalue weighted by molar-refractivity contribution is 5.89. The first kappa shape index (κ1) is 16.8. The largest absolute Gasteiger partial charge is 0.355 e. The molecule has 0 aliphatic carbocycles. The Morgan fingerprint density at radius 3 is 2.75 bits per heavy atom. The molecule has 0 bridgehead atoms. The fourth-order valence-electron chi connectivity index (χ4n) is 3.33. The fraction of sp³-hybridized carbons (Fsp3) is 0.529. The van der Waals surface area contributed by atoms with Crippen LogP contribution in [-0.2, 0) is 16.0 Å². The number of nitrogens with one attached hydrogen (secondary N) is 1. The van der Waals surface area contributed by atoms with E-state index in [9.17, 15) is 18.4 Å². The Bertz CT molecular complexity index is 647. The molecule has 130 valence electrons. The van der Waals surface area contributed by atoms with E-state index in [0.717, 1.165) is 19.2 Å². The molecule has 5 nitrogen and oxygen atoms in total. The normalized spacial score (nSPS) is 21.9. The quantitative estimate of drug-likeness (QED) is 0.864. The molecule has 1 unspecified atom stereocenters. The van der Waals surface area contributed by atoms with Crippen LogP contribution in [-0.4, -0.2) is 60.9 Å². The zero-order valence-corrected chi connectivity index (χ0v) is 13.6. The summed E-state index contributed by atoms with van der Waals surface area (Å²) in [5.74, 6) is -2.30. The number of likely N-dealkylation sites (tertiary alicyclic amines) is 2. The number of carbonyl (C=O) groups is 2. The summed E-state index contributed by atoms with van der Waals surface area (Å²) in [6, 6.07) is 4.22. The van der Waals surface area contributed by atoms with E-state index < -0.39 is 11.6 Å². The van der Waals surface area contributed by atoms with Crippen molar-refractivity contribution in [2.24, 2.45) is 5.92 Å². The Kier molecular flexibility index (Phi) is 4.80. The first-order valence-corrected chi connectivity index (χ1v) is 8.14. The monoisotopic (exact) mass is 337 g/mol. The molecule has 3 rings (SSSR count). The summed E-state index contributed by atoms with van der Waals surface area (Å²) in [5.41, 5.74) is 0.233. The maximum Gasteiger partial charge on any atom is 0.225 e. The van der Waals surface area contributed by atoms with Crippen molar-refractivity contribution in [3.63, 3.8) is 0 Å². The van der Waals surface area contributed by atoms with Crippen molar-refractivity contribution in [1.29, 1.82) is 0 Å². The molecule has 2 aliphatic rings. The number of amides is 2. The summed E-state index contributed by atoms with van der Waals surface area (Å²) in [5, 5.41) is 2.73. The minimum absolute atomic E-state index is 0.0180. The molecule has 0 saturated carbocycles. The van der Waals surface area contributed by atoms with Crippen molar-refractivity contribution in [1.82, 2.24) is 15.1 Å². The third-order valence-corrected chi connectivity index (χ3v) is 4.74. The van der Waals surface area contributed by atoms with Crippen LogP contribution in [0.3, 0.4) is 0 Å². The van der Waals surface area contributed by atoms with Gasteiger partial charge < -0.3 is 15.1 Å². The fourth-order valence-corrected chi connectivity index (χ4v) is 3.33. The number of carbonyl (C=O) groups excluding carboxylic acids is 2. The van der Waals surface area contributed by atoms with Gasteiger partial charge in [0.05, 0.1) is 12.0 Å². The first-order chi connectivity index (χ1) is 11.5. The molecule has 24 heavy (non-hydrogen) atoms. The molecule has 2 heterocycles. The lowest BCUT2D eigenvalue weighted by Crippen LogP contribution is -2.58. The van der Waals surface area contributed by atoms with E-state index in [4.69, 9.17) is 0 Å². The standard InChI is InChI=1S/C17H21F2N3O2/c1-21-9-13(10-21)22-8-12(7-15(22)23)17(24)20-6-5-11-3-2-4-14(18)16(11)19/h2-4,12-13H,5-10H2,1H3,(H,20,24). The number of rotatable bonds is 5. The van der Waals surface area contributed by atoms with E-state index in [1.807, 2.05) is 7.05 Å². The average molecular weight is 337 g/mol. The van der Waals surface area contributed by atoms with Gasteiger partial charge in [0.1, 0.15) is 0 Å². The van der Waals surface area contributed by atoms with Crippen molar-refractivity contribution in [2.75, 3.05) is 33.2 Å². The molecule has 1 aromatic carbocycles. The molecule has 0 spiro atoms. The van der Waals surface area contributed by atoms with E-state index in [2.05, 4.69) is 10.2 Å². The van der Waals surface area contributed by atoms with Gasteiger partial charge in [-0.1, -0.05) is 12.1 Å². The van der Waals surface area contributed by atoms with Gasteiger partial charge >= 0.3 is 0 Å². The summed E-state index contributed by atoms with van der Waals surface area (Å²) in [4.78, 5) is 28.2. The van der Waals surface area contributed by atoms with Crippen molar-refractivity contribution in [3.05, 3.63) is 35.4 Å². The number of halogens is 2. The lowest BCUT2D eigenvalue weighted by Gasteiger charge is -2.42. The van der Waals surface area contributed by atoms with E-state index >= 15 is 0 Å². The van der Waals surface area contributed by atoms with Crippen molar-refractivity contribution in [2.45, 2.75) is 18.9 Å². The molecular formula is C17H21F2N3O2. The third-order valence-electron chi connectivity index (χ3n) is 4.74. The van der Waals surface area contributed by atoms with Gasteiger partial charge in [0.2, 0.25) is 11.8 Å².